The van der Waals surface area contributed by atoms with Gasteiger partial charge in [-0.25, -0.2) is 0 Å². The van der Waals surface area contributed by atoms with E-state index in [1.807, 2.05) is 12.1 Å². The summed E-state index contributed by atoms with van der Waals surface area (Å²) >= 11 is 0. The van der Waals surface area contributed by atoms with Gasteiger partial charge in [0.25, 0.3) is 0 Å². The molecule has 2 N–H and O–H groups in total. The van der Waals surface area contributed by atoms with Crippen LogP contribution in [-0.2, 0) is 11.2 Å². The molecule has 1 saturated heterocycles. The summed E-state index contributed by atoms with van der Waals surface area (Å²) in [7, 11) is 0. The number of carbonyl (C=O) groups excluding carboxylic acids is 1. The molecule has 2 rings (SSSR count). The third-order valence-corrected chi connectivity index (χ3v) is 4.16. The second kappa shape index (κ2) is 6.40. The van der Waals surface area contributed by atoms with E-state index in [0.29, 0.717) is 12.3 Å². The highest BCUT2D eigenvalue weighted by Gasteiger charge is 2.28. The second-order valence-corrected chi connectivity index (χ2v) is 6.40. The van der Waals surface area contributed by atoms with E-state index in [1.54, 1.807) is 0 Å². The summed E-state index contributed by atoms with van der Waals surface area (Å²) in [6, 6.07) is 8.23. The van der Waals surface area contributed by atoms with Gasteiger partial charge in [0.1, 0.15) is 0 Å². The molecule has 110 valence electrons. The van der Waals surface area contributed by atoms with Gasteiger partial charge in [-0.3, -0.25) is 4.79 Å². The van der Waals surface area contributed by atoms with Crippen LogP contribution in [0.25, 0.3) is 0 Å². The Bertz CT molecular complexity index is 462. The van der Waals surface area contributed by atoms with Crippen molar-refractivity contribution >= 4 is 5.91 Å². The van der Waals surface area contributed by atoms with Crippen molar-refractivity contribution in [2.45, 2.75) is 51.5 Å². The van der Waals surface area contributed by atoms with Crippen LogP contribution in [0.5, 0.6) is 0 Å². The smallest absolute Gasteiger partial charge is 0.224 e. The van der Waals surface area contributed by atoms with Crippen LogP contribution in [0.1, 0.15) is 50.7 Å². The minimum absolute atomic E-state index is 0.0766. The molecule has 1 amide bonds. The maximum Gasteiger partial charge on any atom is 0.224 e. The van der Waals surface area contributed by atoms with Crippen molar-refractivity contribution in [2.75, 3.05) is 13.1 Å². The molecule has 1 fully saturated rings. The van der Waals surface area contributed by atoms with E-state index in [4.69, 9.17) is 0 Å². The highest BCUT2D eigenvalue weighted by Crippen LogP contribution is 2.20. The maximum atomic E-state index is 12.1. The third kappa shape index (κ3) is 3.83. The molecule has 1 unspecified atom stereocenters. The summed E-state index contributed by atoms with van der Waals surface area (Å²) in [5.41, 5.74) is 2.49. The number of hydrogen-bond donors (Lipinski definition) is 2. The van der Waals surface area contributed by atoms with Crippen LogP contribution in [0.3, 0.4) is 0 Å². The zero-order valence-electron chi connectivity index (χ0n) is 12.8. The van der Waals surface area contributed by atoms with E-state index in [9.17, 15) is 4.79 Å². The van der Waals surface area contributed by atoms with E-state index in [-0.39, 0.29) is 11.4 Å². The van der Waals surface area contributed by atoms with E-state index in [1.165, 1.54) is 12.0 Å². The Morgan fingerprint density at radius 3 is 2.80 bits per heavy atom. The first-order chi connectivity index (χ1) is 9.50. The lowest BCUT2D eigenvalue weighted by atomic mass is 9.95. The lowest BCUT2D eigenvalue weighted by molar-refractivity contribution is -0.120. The molecule has 0 saturated carbocycles. The summed E-state index contributed by atoms with van der Waals surface area (Å²) in [6.07, 6.45) is 2.81. The molecule has 1 aliphatic rings. The monoisotopic (exact) mass is 274 g/mol. The van der Waals surface area contributed by atoms with E-state index >= 15 is 0 Å². The fourth-order valence-corrected chi connectivity index (χ4v) is 2.90. The van der Waals surface area contributed by atoms with Crippen molar-refractivity contribution in [3.63, 3.8) is 0 Å². The predicted molar refractivity (Wildman–Crippen MR) is 82.9 cm³/mol. The number of hydrogen-bond acceptors (Lipinski definition) is 2. The van der Waals surface area contributed by atoms with Gasteiger partial charge in [-0.15, -0.1) is 0 Å². The molecule has 0 bridgehead atoms. The summed E-state index contributed by atoms with van der Waals surface area (Å²) in [6.45, 7) is 8.29. The molecular formula is C17H26N2O. The van der Waals surface area contributed by atoms with Gasteiger partial charge in [0.2, 0.25) is 5.91 Å². The van der Waals surface area contributed by atoms with Crippen LogP contribution in [0.15, 0.2) is 24.3 Å². The van der Waals surface area contributed by atoms with Crippen molar-refractivity contribution in [1.29, 1.82) is 0 Å². The van der Waals surface area contributed by atoms with Gasteiger partial charge in [0, 0.05) is 12.1 Å². The zero-order chi connectivity index (χ0) is 14.6. The first kappa shape index (κ1) is 15.0. The van der Waals surface area contributed by atoms with Gasteiger partial charge in [-0.1, -0.05) is 38.1 Å². The van der Waals surface area contributed by atoms with Gasteiger partial charge in [0.15, 0.2) is 0 Å². The van der Waals surface area contributed by atoms with Gasteiger partial charge in [0.05, 0.1) is 6.42 Å². The SMILES string of the molecule is CC(C)c1ccccc1CC(=O)NCC1(C)CCCN1. The average Bonchev–Trinajstić information content (AvgIpc) is 2.84. The Labute approximate surface area is 122 Å². The predicted octanol–water partition coefficient (Wildman–Crippen LogP) is 2.61. The lowest BCUT2D eigenvalue weighted by Crippen LogP contribution is -2.47. The first-order valence-electron chi connectivity index (χ1n) is 7.60. The molecule has 20 heavy (non-hydrogen) atoms. The van der Waals surface area contributed by atoms with Crippen LogP contribution in [0.2, 0.25) is 0 Å². The molecule has 1 aliphatic heterocycles. The van der Waals surface area contributed by atoms with Crippen LogP contribution < -0.4 is 10.6 Å². The van der Waals surface area contributed by atoms with Crippen molar-refractivity contribution in [1.82, 2.24) is 10.6 Å². The zero-order valence-corrected chi connectivity index (χ0v) is 12.8. The summed E-state index contributed by atoms with van der Waals surface area (Å²) in [5.74, 6) is 0.570. The fraction of sp³-hybridized carbons (Fsp3) is 0.588. The quantitative estimate of drug-likeness (QED) is 0.866. The number of rotatable bonds is 5. The topological polar surface area (TPSA) is 41.1 Å². The Morgan fingerprint density at radius 1 is 1.40 bits per heavy atom. The molecule has 0 aromatic heterocycles. The average molecular weight is 274 g/mol. The van der Waals surface area contributed by atoms with Crippen molar-refractivity contribution in [3.8, 4) is 0 Å². The summed E-state index contributed by atoms with van der Waals surface area (Å²) < 4.78 is 0. The van der Waals surface area contributed by atoms with Crippen molar-refractivity contribution < 1.29 is 4.79 Å². The van der Waals surface area contributed by atoms with Crippen LogP contribution in [0.4, 0.5) is 0 Å². The normalized spacial score (nSPS) is 22.2. The number of nitrogens with one attached hydrogen (secondary N) is 2. The molecule has 3 heteroatoms. The van der Waals surface area contributed by atoms with Gasteiger partial charge in [-0.2, -0.15) is 0 Å². The number of benzene rings is 1. The van der Waals surface area contributed by atoms with Crippen LogP contribution >= 0.6 is 0 Å². The fourth-order valence-electron chi connectivity index (χ4n) is 2.90. The maximum absolute atomic E-state index is 12.1. The molecule has 3 nitrogen and oxygen atoms in total. The van der Waals surface area contributed by atoms with Crippen molar-refractivity contribution in [3.05, 3.63) is 35.4 Å². The molecule has 1 heterocycles. The van der Waals surface area contributed by atoms with E-state index < -0.39 is 0 Å². The van der Waals surface area contributed by atoms with Gasteiger partial charge < -0.3 is 10.6 Å². The van der Waals surface area contributed by atoms with Gasteiger partial charge >= 0.3 is 0 Å². The van der Waals surface area contributed by atoms with Crippen molar-refractivity contribution in [2.24, 2.45) is 0 Å². The molecule has 1 atom stereocenters. The lowest BCUT2D eigenvalue weighted by Gasteiger charge is -2.24. The Hall–Kier alpha value is -1.35. The molecule has 0 spiro atoms. The van der Waals surface area contributed by atoms with Crippen LogP contribution in [-0.4, -0.2) is 24.5 Å². The Kier molecular flexibility index (Phi) is 4.81. The first-order valence-corrected chi connectivity index (χ1v) is 7.60. The van der Waals surface area contributed by atoms with E-state index in [2.05, 4.69) is 43.5 Å². The summed E-state index contributed by atoms with van der Waals surface area (Å²) in [5, 5.41) is 6.55. The molecule has 0 aliphatic carbocycles. The Balaban J connectivity index is 1.91. The largest absolute Gasteiger partial charge is 0.354 e. The molecule has 1 aromatic rings. The summed E-state index contributed by atoms with van der Waals surface area (Å²) in [4.78, 5) is 12.1. The number of carbonyl (C=O) groups is 1. The third-order valence-electron chi connectivity index (χ3n) is 4.16. The molecule has 1 aromatic carbocycles. The standard InChI is InChI=1S/C17H26N2O/c1-13(2)15-8-5-4-7-14(15)11-16(20)18-12-17(3)9-6-10-19-17/h4-5,7-8,13,19H,6,9-12H2,1-3H3,(H,18,20). The highest BCUT2D eigenvalue weighted by molar-refractivity contribution is 5.79. The minimum atomic E-state index is 0.0766. The number of amides is 1. The van der Waals surface area contributed by atoms with E-state index in [0.717, 1.165) is 25.1 Å². The highest BCUT2D eigenvalue weighted by atomic mass is 16.1. The second-order valence-electron chi connectivity index (χ2n) is 6.40. The molecule has 0 radical (unpaired) electrons. The Morgan fingerprint density at radius 2 is 2.15 bits per heavy atom. The minimum Gasteiger partial charge on any atom is -0.354 e. The molecular weight excluding hydrogens is 248 g/mol. The van der Waals surface area contributed by atoms with Crippen LogP contribution in [0, 0.1) is 0 Å². The van der Waals surface area contributed by atoms with Gasteiger partial charge in [-0.05, 0) is 43.4 Å².